The maximum Gasteiger partial charge on any atom is 0.0705 e. The van der Waals surface area contributed by atoms with Crippen molar-refractivity contribution >= 4 is 10.9 Å². The van der Waals surface area contributed by atoms with Crippen LogP contribution in [0.3, 0.4) is 0 Å². The SMILES string of the molecule is CC.CNCc1cccc2ncccc12. The van der Waals surface area contributed by atoms with Gasteiger partial charge in [-0.1, -0.05) is 32.0 Å². The number of rotatable bonds is 2. The van der Waals surface area contributed by atoms with Crippen LogP contribution in [0.4, 0.5) is 0 Å². The number of nitrogens with one attached hydrogen (secondary N) is 1. The van der Waals surface area contributed by atoms with Gasteiger partial charge in [0.1, 0.15) is 0 Å². The van der Waals surface area contributed by atoms with Gasteiger partial charge in [-0.25, -0.2) is 0 Å². The molecule has 2 nitrogen and oxygen atoms in total. The van der Waals surface area contributed by atoms with Crippen LogP contribution < -0.4 is 5.32 Å². The highest BCUT2D eigenvalue weighted by Crippen LogP contribution is 2.15. The van der Waals surface area contributed by atoms with Crippen molar-refractivity contribution in [2.75, 3.05) is 7.05 Å². The highest BCUT2D eigenvalue weighted by atomic mass is 14.8. The van der Waals surface area contributed by atoms with E-state index in [4.69, 9.17) is 0 Å². The van der Waals surface area contributed by atoms with Gasteiger partial charge < -0.3 is 5.32 Å². The Bertz CT molecular complexity index is 405. The summed E-state index contributed by atoms with van der Waals surface area (Å²) in [6.45, 7) is 4.89. The fourth-order valence-electron chi connectivity index (χ4n) is 1.51. The van der Waals surface area contributed by atoms with Gasteiger partial charge in [-0.15, -0.1) is 0 Å². The van der Waals surface area contributed by atoms with E-state index in [1.165, 1.54) is 10.9 Å². The van der Waals surface area contributed by atoms with E-state index in [0.717, 1.165) is 12.1 Å². The summed E-state index contributed by atoms with van der Waals surface area (Å²) < 4.78 is 0. The molecule has 1 heterocycles. The Kier molecular flexibility index (Phi) is 4.78. The summed E-state index contributed by atoms with van der Waals surface area (Å²) in [5.74, 6) is 0. The van der Waals surface area contributed by atoms with E-state index in [9.17, 15) is 0 Å². The molecule has 1 N–H and O–H groups in total. The molecule has 1 aromatic heterocycles. The molecule has 0 saturated heterocycles. The zero-order valence-corrected chi connectivity index (χ0v) is 9.62. The molecule has 2 aromatic rings. The van der Waals surface area contributed by atoms with E-state index in [1.54, 1.807) is 0 Å². The molecule has 15 heavy (non-hydrogen) atoms. The van der Waals surface area contributed by atoms with Crippen molar-refractivity contribution in [2.45, 2.75) is 20.4 Å². The summed E-state index contributed by atoms with van der Waals surface area (Å²) in [5.41, 5.74) is 2.36. The van der Waals surface area contributed by atoms with Crippen molar-refractivity contribution in [3.8, 4) is 0 Å². The second kappa shape index (κ2) is 6.14. The van der Waals surface area contributed by atoms with Crippen LogP contribution in [0.1, 0.15) is 19.4 Å². The lowest BCUT2D eigenvalue weighted by atomic mass is 10.1. The Hall–Kier alpha value is -1.41. The Morgan fingerprint density at radius 3 is 2.67 bits per heavy atom. The third-order valence-corrected chi connectivity index (χ3v) is 2.10. The molecule has 0 aliphatic heterocycles. The van der Waals surface area contributed by atoms with Crippen molar-refractivity contribution < 1.29 is 0 Å². The summed E-state index contributed by atoms with van der Waals surface area (Å²) in [5, 5.41) is 4.38. The smallest absolute Gasteiger partial charge is 0.0705 e. The summed E-state index contributed by atoms with van der Waals surface area (Å²) in [6, 6.07) is 10.3. The minimum absolute atomic E-state index is 0.892. The van der Waals surface area contributed by atoms with E-state index in [-0.39, 0.29) is 0 Å². The fourth-order valence-corrected chi connectivity index (χ4v) is 1.51. The number of hydrogen-bond acceptors (Lipinski definition) is 2. The first-order valence-electron chi connectivity index (χ1n) is 5.39. The zero-order valence-electron chi connectivity index (χ0n) is 9.62. The lowest BCUT2D eigenvalue weighted by Crippen LogP contribution is -2.05. The summed E-state index contributed by atoms with van der Waals surface area (Å²) >= 11 is 0. The molecular weight excluding hydrogens is 184 g/mol. The van der Waals surface area contributed by atoms with Gasteiger partial charge in [0.2, 0.25) is 0 Å². The molecular formula is C13H18N2. The first-order chi connectivity index (χ1) is 7.42. The summed E-state index contributed by atoms with van der Waals surface area (Å²) in [7, 11) is 1.95. The Balaban J connectivity index is 0.000000531. The molecule has 2 rings (SSSR count). The number of nitrogens with zero attached hydrogens (tertiary/aromatic N) is 1. The Morgan fingerprint density at radius 2 is 1.93 bits per heavy atom. The van der Waals surface area contributed by atoms with Crippen molar-refractivity contribution in [2.24, 2.45) is 0 Å². The lowest BCUT2D eigenvalue weighted by Gasteiger charge is -2.03. The minimum atomic E-state index is 0.892. The first kappa shape index (κ1) is 11.7. The number of fused-ring (bicyclic) bond motifs is 1. The predicted molar refractivity (Wildman–Crippen MR) is 65.9 cm³/mol. The molecule has 0 amide bonds. The highest BCUT2D eigenvalue weighted by Gasteiger charge is 1.98. The molecule has 2 heteroatoms. The molecule has 0 spiro atoms. The molecule has 0 aliphatic carbocycles. The minimum Gasteiger partial charge on any atom is -0.316 e. The zero-order chi connectivity index (χ0) is 11.1. The normalized spacial score (nSPS) is 9.53. The standard InChI is InChI=1S/C11H12N2.C2H6/c1-12-8-9-4-2-6-11-10(9)5-3-7-13-11;1-2/h2-7,12H,8H2,1H3;1-2H3. The van der Waals surface area contributed by atoms with Crippen LogP contribution in [0.25, 0.3) is 10.9 Å². The average molecular weight is 202 g/mol. The quantitative estimate of drug-likeness (QED) is 0.809. The highest BCUT2D eigenvalue weighted by molar-refractivity contribution is 5.81. The average Bonchev–Trinajstić information content (AvgIpc) is 2.33. The van der Waals surface area contributed by atoms with Crippen LogP contribution in [0.2, 0.25) is 0 Å². The van der Waals surface area contributed by atoms with Crippen molar-refractivity contribution in [3.05, 3.63) is 42.1 Å². The Morgan fingerprint density at radius 1 is 1.13 bits per heavy atom. The van der Waals surface area contributed by atoms with Crippen LogP contribution in [-0.4, -0.2) is 12.0 Å². The number of hydrogen-bond donors (Lipinski definition) is 1. The van der Waals surface area contributed by atoms with E-state index >= 15 is 0 Å². The van der Waals surface area contributed by atoms with E-state index in [0.29, 0.717) is 0 Å². The first-order valence-corrected chi connectivity index (χ1v) is 5.39. The van der Waals surface area contributed by atoms with Crippen LogP contribution in [0.15, 0.2) is 36.5 Å². The van der Waals surface area contributed by atoms with Crippen molar-refractivity contribution in [3.63, 3.8) is 0 Å². The van der Waals surface area contributed by atoms with Crippen LogP contribution in [0.5, 0.6) is 0 Å². The van der Waals surface area contributed by atoms with E-state index in [2.05, 4.69) is 22.4 Å². The van der Waals surface area contributed by atoms with Gasteiger partial charge in [0.15, 0.2) is 0 Å². The van der Waals surface area contributed by atoms with E-state index < -0.39 is 0 Å². The number of pyridine rings is 1. The monoisotopic (exact) mass is 202 g/mol. The summed E-state index contributed by atoms with van der Waals surface area (Å²) in [4.78, 5) is 4.30. The Labute approximate surface area is 91.3 Å². The van der Waals surface area contributed by atoms with E-state index in [1.807, 2.05) is 45.3 Å². The molecule has 0 unspecified atom stereocenters. The molecule has 0 bridgehead atoms. The number of aromatic nitrogens is 1. The van der Waals surface area contributed by atoms with Crippen molar-refractivity contribution in [1.82, 2.24) is 10.3 Å². The molecule has 1 aromatic carbocycles. The third-order valence-electron chi connectivity index (χ3n) is 2.10. The van der Waals surface area contributed by atoms with Crippen LogP contribution in [0, 0.1) is 0 Å². The molecule has 0 radical (unpaired) electrons. The van der Waals surface area contributed by atoms with Crippen LogP contribution >= 0.6 is 0 Å². The number of benzene rings is 1. The third kappa shape index (κ3) is 2.77. The van der Waals surface area contributed by atoms with Gasteiger partial charge in [0, 0.05) is 18.1 Å². The van der Waals surface area contributed by atoms with Gasteiger partial charge in [-0.05, 0) is 24.7 Å². The maximum absolute atomic E-state index is 4.30. The van der Waals surface area contributed by atoms with Crippen molar-refractivity contribution in [1.29, 1.82) is 0 Å². The lowest BCUT2D eigenvalue weighted by molar-refractivity contribution is 0.823. The largest absolute Gasteiger partial charge is 0.316 e. The predicted octanol–water partition coefficient (Wildman–Crippen LogP) is 2.98. The van der Waals surface area contributed by atoms with Crippen LogP contribution in [-0.2, 0) is 6.54 Å². The molecule has 80 valence electrons. The van der Waals surface area contributed by atoms with Gasteiger partial charge >= 0.3 is 0 Å². The second-order valence-electron chi connectivity index (χ2n) is 3.02. The molecule has 0 fully saturated rings. The fraction of sp³-hybridized carbons (Fsp3) is 0.308. The second-order valence-corrected chi connectivity index (χ2v) is 3.02. The van der Waals surface area contributed by atoms with Gasteiger partial charge in [0.05, 0.1) is 5.52 Å². The maximum atomic E-state index is 4.30. The molecule has 0 atom stereocenters. The van der Waals surface area contributed by atoms with Gasteiger partial charge in [-0.2, -0.15) is 0 Å². The van der Waals surface area contributed by atoms with Gasteiger partial charge in [-0.3, -0.25) is 4.98 Å². The molecule has 0 aliphatic rings. The van der Waals surface area contributed by atoms with Gasteiger partial charge in [0.25, 0.3) is 0 Å². The topological polar surface area (TPSA) is 24.9 Å². The summed E-state index contributed by atoms with van der Waals surface area (Å²) in [6.07, 6.45) is 1.82. The molecule has 0 saturated carbocycles.